The summed E-state index contributed by atoms with van der Waals surface area (Å²) >= 11 is 2.00. The quantitative estimate of drug-likeness (QED) is 0.802. The van der Waals surface area contributed by atoms with Crippen LogP contribution in [0.3, 0.4) is 0 Å². The van der Waals surface area contributed by atoms with E-state index in [0.717, 1.165) is 11.8 Å². The molecular formula is C17H26N2S. The SMILES string of the molecule is CCN1CCC[C@@H]1c1ccc(SC2CCCCC2)nc1. The van der Waals surface area contributed by atoms with Crippen LogP contribution in [0.4, 0.5) is 0 Å². The second-order valence-electron chi connectivity index (χ2n) is 6.09. The summed E-state index contributed by atoms with van der Waals surface area (Å²) in [5.74, 6) is 0. The maximum Gasteiger partial charge on any atom is 0.0962 e. The van der Waals surface area contributed by atoms with Crippen LogP contribution in [-0.4, -0.2) is 28.2 Å². The number of aromatic nitrogens is 1. The van der Waals surface area contributed by atoms with Gasteiger partial charge in [-0.1, -0.05) is 32.3 Å². The summed E-state index contributed by atoms with van der Waals surface area (Å²) in [6, 6.07) is 5.18. The van der Waals surface area contributed by atoms with Crippen molar-refractivity contribution in [3.8, 4) is 0 Å². The molecular weight excluding hydrogens is 264 g/mol. The first-order valence-corrected chi connectivity index (χ1v) is 9.11. The molecule has 110 valence electrons. The van der Waals surface area contributed by atoms with Crippen LogP contribution in [-0.2, 0) is 0 Å². The number of likely N-dealkylation sites (tertiary alicyclic amines) is 1. The lowest BCUT2D eigenvalue weighted by molar-refractivity contribution is 0.271. The van der Waals surface area contributed by atoms with Crippen LogP contribution >= 0.6 is 11.8 Å². The summed E-state index contributed by atoms with van der Waals surface area (Å²) in [6.45, 7) is 4.67. The van der Waals surface area contributed by atoms with Gasteiger partial charge in [-0.2, -0.15) is 0 Å². The number of rotatable bonds is 4. The molecule has 0 unspecified atom stereocenters. The van der Waals surface area contributed by atoms with Gasteiger partial charge in [0, 0.05) is 17.5 Å². The summed E-state index contributed by atoms with van der Waals surface area (Å²) in [5, 5.41) is 2.03. The predicted molar refractivity (Wildman–Crippen MR) is 86.2 cm³/mol. The number of pyridine rings is 1. The minimum Gasteiger partial charge on any atom is -0.297 e. The van der Waals surface area contributed by atoms with E-state index in [9.17, 15) is 0 Å². The molecule has 2 fully saturated rings. The largest absolute Gasteiger partial charge is 0.297 e. The zero-order valence-corrected chi connectivity index (χ0v) is 13.4. The lowest BCUT2D eigenvalue weighted by Crippen LogP contribution is -2.22. The number of hydrogen-bond acceptors (Lipinski definition) is 3. The molecule has 0 radical (unpaired) electrons. The van der Waals surface area contributed by atoms with Gasteiger partial charge in [0.1, 0.15) is 0 Å². The Bertz CT molecular complexity index is 412. The highest BCUT2D eigenvalue weighted by molar-refractivity contribution is 7.99. The van der Waals surface area contributed by atoms with Crippen molar-refractivity contribution in [2.45, 2.75) is 68.2 Å². The fourth-order valence-corrected chi connectivity index (χ4v) is 4.77. The van der Waals surface area contributed by atoms with Crippen molar-refractivity contribution in [3.63, 3.8) is 0 Å². The third-order valence-corrected chi connectivity index (χ3v) is 6.04. The number of nitrogens with zero attached hydrogens (tertiary/aromatic N) is 2. The third-order valence-electron chi connectivity index (χ3n) is 4.75. The summed E-state index contributed by atoms with van der Waals surface area (Å²) in [5.41, 5.74) is 1.41. The van der Waals surface area contributed by atoms with E-state index in [-0.39, 0.29) is 0 Å². The van der Waals surface area contributed by atoms with Gasteiger partial charge in [-0.15, -0.1) is 11.8 Å². The van der Waals surface area contributed by atoms with Crippen molar-refractivity contribution in [1.82, 2.24) is 9.88 Å². The van der Waals surface area contributed by atoms with E-state index in [1.54, 1.807) is 0 Å². The highest BCUT2D eigenvalue weighted by atomic mass is 32.2. The molecule has 1 aliphatic carbocycles. The zero-order chi connectivity index (χ0) is 13.8. The Morgan fingerprint density at radius 2 is 2.00 bits per heavy atom. The van der Waals surface area contributed by atoms with E-state index in [4.69, 9.17) is 4.98 Å². The summed E-state index contributed by atoms with van der Waals surface area (Å²) in [6.07, 6.45) is 11.7. The lowest BCUT2D eigenvalue weighted by atomic mass is 10.0. The average Bonchev–Trinajstić information content (AvgIpc) is 2.98. The number of thioether (sulfide) groups is 1. The molecule has 3 heteroatoms. The van der Waals surface area contributed by atoms with E-state index < -0.39 is 0 Å². The second-order valence-corrected chi connectivity index (χ2v) is 7.41. The van der Waals surface area contributed by atoms with Crippen LogP contribution in [0.25, 0.3) is 0 Å². The maximum absolute atomic E-state index is 4.72. The topological polar surface area (TPSA) is 16.1 Å². The van der Waals surface area contributed by atoms with Gasteiger partial charge < -0.3 is 0 Å². The summed E-state index contributed by atoms with van der Waals surface area (Å²) in [4.78, 5) is 7.30. The lowest BCUT2D eigenvalue weighted by Gasteiger charge is -2.23. The molecule has 2 nitrogen and oxygen atoms in total. The summed E-state index contributed by atoms with van der Waals surface area (Å²) in [7, 11) is 0. The standard InChI is InChI=1S/C17H26N2S/c1-2-19-12-6-9-16(19)14-10-11-17(18-13-14)20-15-7-4-3-5-8-15/h10-11,13,15-16H,2-9,12H2,1H3/t16-/m1/s1. The van der Waals surface area contributed by atoms with Gasteiger partial charge in [-0.25, -0.2) is 4.98 Å². The average molecular weight is 290 g/mol. The molecule has 0 bridgehead atoms. The molecule has 1 aromatic rings. The Labute approximate surface area is 127 Å². The Kier molecular flexibility index (Phi) is 5.00. The molecule has 2 aliphatic rings. The minimum absolute atomic E-state index is 0.612. The molecule has 0 N–H and O–H groups in total. The van der Waals surface area contributed by atoms with E-state index >= 15 is 0 Å². The molecule has 0 spiro atoms. The van der Waals surface area contributed by atoms with Crippen LogP contribution in [0, 0.1) is 0 Å². The first-order valence-electron chi connectivity index (χ1n) is 8.23. The molecule has 3 rings (SSSR count). The van der Waals surface area contributed by atoms with Crippen LogP contribution < -0.4 is 0 Å². The van der Waals surface area contributed by atoms with Crippen molar-refractivity contribution >= 4 is 11.8 Å². The molecule has 20 heavy (non-hydrogen) atoms. The Morgan fingerprint density at radius 3 is 2.70 bits per heavy atom. The van der Waals surface area contributed by atoms with Crippen molar-refractivity contribution in [1.29, 1.82) is 0 Å². The van der Waals surface area contributed by atoms with E-state index in [2.05, 4.69) is 30.2 Å². The molecule has 1 atom stereocenters. The van der Waals surface area contributed by atoms with Crippen LogP contribution in [0.5, 0.6) is 0 Å². The van der Waals surface area contributed by atoms with Gasteiger partial charge >= 0.3 is 0 Å². The van der Waals surface area contributed by atoms with E-state index in [1.165, 1.54) is 62.1 Å². The highest BCUT2D eigenvalue weighted by Gasteiger charge is 2.24. The zero-order valence-electron chi connectivity index (χ0n) is 12.6. The molecule has 0 aromatic carbocycles. The first-order chi connectivity index (χ1) is 9.86. The third kappa shape index (κ3) is 3.37. The Morgan fingerprint density at radius 1 is 1.15 bits per heavy atom. The van der Waals surface area contributed by atoms with Gasteiger partial charge in [0.15, 0.2) is 0 Å². The Hall–Kier alpha value is -0.540. The van der Waals surface area contributed by atoms with Gasteiger partial charge in [0.2, 0.25) is 0 Å². The summed E-state index contributed by atoms with van der Waals surface area (Å²) < 4.78 is 0. The van der Waals surface area contributed by atoms with E-state index in [0.29, 0.717) is 6.04 Å². The van der Waals surface area contributed by atoms with Gasteiger partial charge in [0.05, 0.1) is 5.03 Å². The predicted octanol–water partition coefficient (Wildman–Crippen LogP) is 4.66. The van der Waals surface area contributed by atoms with E-state index in [1.807, 2.05) is 11.8 Å². The van der Waals surface area contributed by atoms with Gasteiger partial charge in [0.25, 0.3) is 0 Å². The number of hydrogen-bond donors (Lipinski definition) is 0. The van der Waals surface area contributed by atoms with Crippen LogP contribution in [0.1, 0.15) is 63.5 Å². The molecule has 2 heterocycles. The fraction of sp³-hybridized carbons (Fsp3) is 0.706. The van der Waals surface area contributed by atoms with Crippen LogP contribution in [0.2, 0.25) is 0 Å². The Balaban J connectivity index is 1.62. The van der Waals surface area contributed by atoms with Gasteiger partial charge in [-0.05, 0) is 50.4 Å². The van der Waals surface area contributed by atoms with Crippen LogP contribution in [0.15, 0.2) is 23.4 Å². The second kappa shape index (κ2) is 6.95. The molecule has 1 aromatic heterocycles. The maximum atomic E-state index is 4.72. The smallest absolute Gasteiger partial charge is 0.0962 e. The highest BCUT2D eigenvalue weighted by Crippen LogP contribution is 2.34. The molecule has 0 amide bonds. The molecule has 1 saturated heterocycles. The van der Waals surface area contributed by atoms with Gasteiger partial charge in [-0.3, -0.25) is 4.90 Å². The monoisotopic (exact) mass is 290 g/mol. The minimum atomic E-state index is 0.612. The van der Waals surface area contributed by atoms with Crippen molar-refractivity contribution in [3.05, 3.63) is 23.9 Å². The van der Waals surface area contributed by atoms with Crippen molar-refractivity contribution in [2.75, 3.05) is 13.1 Å². The first kappa shape index (κ1) is 14.4. The fourth-order valence-electron chi connectivity index (χ4n) is 3.59. The molecule has 1 aliphatic heterocycles. The normalized spacial score (nSPS) is 25.1. The van der Waals surface area contributed by atoms with Crippen molar-refractivity contribution < 1.29 is 0 Å². The molecule has 1 saturated carbocycles. The van der Waals surface area contributed by atoms with Crippen molar-refractivity contribution in [2.24, 2.45) is 0 Å².